The average Bonchev–Trinajstić information content (AvgIpc) is 2.89. The van der Waals surface area contributed by atoms with Crippen LogP contribution in [0.3, 0.4) is 0 Å². The quantitative estimate of drug-likeness (QED) is 0.159. The lowest BCUT2D eigenvalue weighted by atomic mass is 9.97. The molecule has 0 fully saturated rings. The van der Waals surface area contributed by atoms with Crippen LogP contribution in [-0.2, 0) is 0 Å². The molecular weight excluding hydrogens is 504 g/mol. The summed E-state index contributed by atoms with van der Waals surface area (Å²) in [7, 11) is 2.84. The average molecular weight is 533 g/mol. The van der Waals surface area contributed by atoms with E-state index in [0.717, 1.165) is 11.6 Å². The maximum Gasteiger partial charge on any atom is 0.162 e. The summed E-state index contributed by atoms with van der Waals surface area (Å²) in [6.07, 6.45) is 1.02. The molecule has 0 aliphatic carbocycles. The maximum absolute atomic E-state index is 11.3. The predicted molar refractivity (Wildman–Crippen MR) is 144 cm³/mol. The van der Waals surface area contributed by atoms with Gasteiger partial charge in [0.15, 0.2) is 29.1 Å². The first-order valence-corrected chi connectivity index (χ1v) is 11.8. The van der Waals surface area contributed by atoms with Crippen molar-refractivity contribution in [2.24, 2.45) is 0 Å². The van der Waals surface area contributed by atoms with E-state index in [1.807, 2.05) is 0 Å². The molecular formula is C30H28O9. The summed E-state index contributed by atoms with van der Waals surface area (Å²) in [4.78, 5) is 0. The zero-order valence-corrected chi connectivity index (χ0v) is 21.1. The van der Waals surface area contributed by atoms with Crippen molar-refractivity contribution in [1.82, 2.24) is 0 Å². The van der Waals surface area contributed by atoms with Gasteiger partial charge in [-0.25, -0.2) is 0 Å². The molecule has 202 valence electrons. The number of aromatic hydroxyl groups is 5. The summed E-state index contributed by atoms with van der Waals surface area (Å²) in [6, 6.07) is 17.5. The smallest absolute Gasteiger partial charge is 0.162 e. The fraction of sp³-hybridized carbons (Fsp3) is 0.133. The number of ether oxygens (including phenoxy) is 3. The largest absolute Gasteiger partial charge is 0.508 e. The summed E-state index contributed by atoms with van der Waals surface area (Å²) in [5, 5.41) is 60.9. The van der Waals surface area contributed by atoms with Gasteiger partial charge in [0, 0.05) is 17.7 Å². The topological polar surface area (TPSA) is 149 Å². The molecule has 4 aromatic carbocycles. The third-order valence-corrected chi connectivity index (χ3v) is 5.92. The molecule has 0 saturated carbocycles. The van der Waals surface area contributed by atoms with Crippen LogP contribution in [0.4, 0.5) is 0 Å². The van der Waals surface area contributed by atoms with Crippen LogP contribution < -0.4 is 14.2 Å². The molecule has 4 rings (SSSR count). The zero-order valence-electron chi connectivity index (χ0n) is 21.1. The van der Waals surface area contributed by atoms with Crippen molar-refractivity contribution >= 4 is 12.2 Å². The van der Waals surface area contributed by atoms with Crippen molar-refractivity contribution in [2.45, 2.75) is 12.2 Å². The van der Waals surface area contributed by atoms with Gasteiger partial charge in [-0.3, -0.25) is 0 Å². The number of hydrogen-bond acceptors (Lipinski definition) is 9. The normalized spacial score (nSPS) is 12.7. The Labute approximate surface area is 224 Å². The number of benzene rings is 4. The fourth-order valence-corrected chi connectivity index (χ4v) is 4.08. The molecule has 0 amide bonds. The Hall–Kier alpha value is -5.02. The summed E-state index contributed by atoms with van der Waals surface area (Å²) in [5.74, 6) is 0.0710. The van der Waals surface area contributed by atoms with E-state index in [-0.39, 0.29) is 45.8 Å². The minimum absolute atomic E-state index is 0.0650. The van der Waals surface area contributed by atoms with Crippen molar-refractivity contribution < 1.29 is 44.8 Å². The van der Waals surface area contributed by atoms with Crippen molar-refractivity contribution in [3.05, 3.63) is 95.1 Å². The molecule has 9 heteroatoms. The Kier molecular flexibility index (Phi) is 8.02. The second-order valence-electron chi connectivity index (χ2n) is 8.72. The second kappa shape index (κ2) is 11.6. The van der Waals surface area contributed by atoms with Gasteiger partial charge in [-0.1, -0.05) is 24.3 Å². The first-order valence-electron chi connectivity index (χ1n) is 11.8. The third kappa shape index (κ3) is 6.46. The van der Waals surface area contributed by atoms with E-state index < -0.39 is 12.2 Å². The van der Waals surface area contributed by atoms with Crippen LogP contribution in [0.1, 0.15) is 34.5 Å². The van der Waals surface area contributed by atoms with Crippen LogP contribution in [0.2, 0.25) is 0 Å². The highest BCUT2D eigenvalue weighted by molar-refractivity contribution is 5.72. The van der Waals surface area contributed by atoms with E-state index in [9.17, 15) is 30.6 Å². The van der Waals surface area contributed by atoms with Crippen LogP contribution >= 0.6 is 0 Å². The number of rotatable bonds is 9. The molecule has 4 aromatic rings. The van der Waals surface area contributed by atoms with Crippen LogP contribution in [0, 0.1) is 0 Å². The molecule has 0 aliphatic heterocycles. The first kappa shape index (κ1) is 27.0. The van der Waals surface area contributed by atoms with Gasteiger partial charge in [-0.15, -0.1) is 0 Å². The number of phenols is 5. The number of hydrogen-bond donors (Lipinski definition) is 6. The number of phenolic OH excluding ortho intramolecular Hbond substituents is 5. The van der Waals surface area contributed by atoms with E-state index in [1.54, 1.807) is 30.4 Å². The number of aliphatic hydroxyl groups is 1. The van der Waals surface area contributed by atoms with Crippen LogP contribution in [0.25, 0.3) is 12.2 Å². The standard InChI is InChI=1S/C30H28O9/c1-37-27-14-19(6-7-25(27)35)29(36)30(20-12-23(33)16-24(34)13-20)39-26-8-5-17(11-28(26)38-2)3-4-18-9-21(31)15-22(32)10-18/h3-16,29-36H,1-2H3/b4-3+/t29-,30-/m1/s1. The Balaban J connectivity index is 1.69. The van der Waals surface area contributed by atoms with Gasteiger partial charge in [0.2, 0.25) is 0 Å². The lowest BCUT2D eigenvalue weighted by Gasteiger charge is -2.26. The molecule has 6 N–H and O–H groups in total. The van der Waals surface area contributed by atoms with Gasteiger partial charge in [0.1, 0.15) is 29.1 Å². The van der Waals surface area contributed by atoms with Crippen LogP contribution in [0.15, 0.2) is 72.8 Å². The summed E-state index contributed by atoms with van der Waals surface area (Å²) < 4.78 is 16.9. The molecule has 0 aromatic heterocycles. The molecule has 0 spiro atoms. The minimum Gasteiger partial charge on any atom is -0.508 e. The molecule has 0 unspecified atom stereocenters. The zero-order chi connectivity index (χ0) is 28.1. The van der Waals surface area contributed by atoms with Gasteiger partial charge >= 0.3 is 0 Å². The van der Waals surface area contributed by atoms with E-state index in [0.29, 0.717) is 16.9 Å². The highest BCUT2D eigenvalue weighted by atomic mass is 16.5. The Bertz CT molecular complexity index is 1460. The number of aliphatic hydroxyl groups excluding tert-OH is 1. The van der Waals surface area contributed by atoms with Gasteiger partial charge in [0.05, 0.1) is 14.2 Å². The predicted octanol–water partition coefficient (Wildman–Crippen LogP) is 5.26. The molecule has 9 nitrogen and oxygen atoms in total. The van der Waals surface area contributed by atoms with Crippen LogP contribution in [0.5, 0.6) is 46.0 Å². The minimum atomic E-state index is -1.32. The van der Waals surface area contributed by atoms with Gasteiger partial charge in [-0.05, 0) is 65.2 Å². The third-order valence-electron chi connectivity index (χ3n) is 5.92. The maximum atomic E-state index is 11.3. The molecule has 0 radical (unpaired) electrons. The second-order valence-corrected chi connectivity index (χ2v) is 8.72. The molecule has 0 heterocycles. The molecule has 0 saturated heterocycles. The van der Waals surface area contributed by atoms with Crippen LogP contribution in [-0.4, -0.2) is 44.9 Å². The SMILES string of the molecule is COc1cc([C@@H](O)[C@H](Oc2ccc(/C=C/c3cc(O)cc(O)c3)cc2OC)c2cc(O)cc(O)c2)ccc1O. The molecule has 39 heavy (non-hydrogen) atoms. The Morgan fingerprint density at radius 3 is 1.77 bits per heavy atom. The van der Waals surface area contributed by atoms with Crippen molar-refractivity contribution in [3.8, 4) is 46.0 Å². The highest BCUT2D eigenvalue weighted by Gasteiger charge is 2.28. The monoisotopic (exact) mass is 532 g/mol. The number of methoxy groups -OCH3 is 2. The Morgan fingerprint density at radius 1 is 0.564 bits per heavy atom. The van der Waals surface area contributed by atoms with E-state index in [1.165, 1.54) is 62.8 Å². The van der Waals surface area contributed by atoms with Crippen molar-refractivity contribution in [2.75, 3.05) is 14.2 Å². The highest BCUT2D eigenvalue weighted by Crippen LogP contribution is 2.41. The van der Waals surface area contributed by atoms with Crippen molar-refractivity contribution in [1.29, 1.82) is 0 Å². The summed E-state index contributed by atoms with van der Waals surface area (Å²) in [6.45, 7) is 0. The molecule has 0 bridgehead atoms. The first-order chi connectivity index (χ1) is 18.7. The fourth-order valence-electron chi connectivity index (χ4n) is 4.08. The van der Waals surface area contributed by atoms with E-state index >= 15 is 0 Å². The van der Waals surface area contributed by atoms with Gasteiger partial charge in [-0.2, -0.15) is 0 Å². The van der Waals surface area contributed by atoms with Gasteiger partial charge in [0.25, 0.3) is 0 Å². The van der Waals surface area contributed by atoms with E-state index in [4.69, 9.17) is 14.2 Å². The lowest BCUT2D eigenvalue weighted by Crippen LogP contribution is -2.18. The lowest BCUT2D eigenvalue weighted by molar-refractivity contribution is 0.0324. The van der Waals surface area contributed by atoms with Gasteiger partial charge < -0.3 is 44.8 Å². The molecule has 2 atom stereocenters. The summed E-state index contributed by atoms with van der Waals surface area (Å²) >= 11 is 0. The molecule has 0 aliphatic rings. The van der Waals surface area contributed by atoms with E-state index in [2.05, 4.69) is 0 Å². The Morgan fingerprint density at radius 2 is 1.15 bits per heavy atom. The van der Waals surface area contributed by atoms with Crippen molar-refractivity contribution in [3.63, 3.8) is 0 Å². The summed E-state index contributed by atoms with van der Waals surface area (Å²) in [5.41, 5.74) is 1.94.